The second-order valence-electron chi connectivity index (χ2n) is 5.95. The molecule has 0 saturated heterocycles. The molecule has 1 amide bonds. The molecular weight excluding hydrogens is 413 g/mol. The number of H-pyrrole nitrogens is 1. The number of fused-ring (bicyclic) bond motifs is 1. The number of thiophene rings is 1. The van der Waals surface area contributed by atoms with Gasteiger partial charge in [0.25, 0.3) is 5.91 Å². The standard InChI is InChI=1S/C18H12ClF3N4OS/c19-15-14(17(27)24-8-12-2-1-5-28-12)25-16-13(18(20,21)22)6-11(9-26(15)16)10-3-4-23-7-10/h1-7,9,23H,8H2,(H,24,27). The Morgan fingerprint density at radius 2 is 2.14 bits per heavy atom. The van der Waals surface area contributed by atoms with Crippen molar-refractivity contribution in [3.8, 4) is 11.1 Å². The van der Waals surface area contributed by atoms with Crippen LogP contribution in [-0.2, 0) is 12.7 Å². The van der Waals surface area contributed by atoms with E-state index in [0.717, 1.165) is 15.3 Å². The predicted molar refractivity (Wildman–Crippen MR) is 100 cm³/mol. The van der Waals surface area contributed by atoms with Gasteiger partial charge in [-0.05, 0) is 23.6 Å². The number of carbonyl (C=O) groups is 1. The minimum absolute atomic E-state index is 0.179. The second-order valence-corrected chi connectivity index (χ2v) is 7.34. The molecule has 0 bridgehead atoms. The van der Waals surface area contributed by atoms with E-state index in [9.17, 15) is 18.0 Å². The van der Waals surface area contributed by atoms with Gasteiger partial charge < -0.3 is 10.3 Å². The van der Waals surface area contributed by atoms with Gasteiger partial charge in [-0.15, -0.1) is 11.3 Å². The van der Waals surface area contributed by atoms with E-state index in [1.807, 2.05) is 17.5 Å². The topological polar surface area (TPSA) is 62.2 Å². The summed E-state index contributed by atoms with van der Waals surface area (Å²) in [5, 5.41) is 4.31. The maximum atomic E-state index is 13.6. The van der Waals surface area contributed by atoms with Crippen molar-refractivity contribution in [2.24, 2.45) is 0 Å². The number of nitrogens with one attached hydrogen (secondary N) is 2. The van der Waals surface area contributed by atoms with Crippen LogP contribution in [0.3, 0.4) is 0 Å². The largest absolute Gasteiger partial charge is 0.420 e. The molecule has 0 saturated carbocycles. The molecule has 4 aromatic heterocycles. The van der Waals surface area contributed by atoms with Gasteiger partial charge in [-0.3, -0.25) is 9.20 Å². The Hall–Kier alpha value is -2.78. The van der Waals surface area contributed by atoms with Crippen LogP contribution in [0.4, 0.5) is 13.2 Å². The first-order valence-electron chi connectivity index (χ1n) is 8.07. The number of amides is 1. The number of halogens is 4. The highest BCUT2D eigenvalue weighted by Gasteiger charge is 2.36. The molecule has 28 heavy (non-hydrogen) atoms. The first-order chi connectivity index (χ1) is 13.3. The van der Waals surface area contributed by atoms with Gasteiger partial charge in [0.05, 0.1) is 12.1 Å². The van der Waals surface area contributed by atoms with Gasteiger partial charge in [0.2, 0.25) is 0 Å². The van der Waals surface area contributed by atoms with Crippen molar-refractivity contribution < 1.29 is 18.0 Å². The Morgan fingerprint density at radius 1 is 1.32 bits per heavy atom. The number of hydrogen-bond donors (Lipinski definition) is 2. The average molecular weight is 425 g/mol. The number of carbonyl (C=O) groups excluding carboxylic acids is 1. The van der Waals surface area contributed by atoms with Crippen molar-refractivity contribution in [1.29, 1.82) is 0 Å². The fraction of sp³-hybridized carbons (Fsp3) is 0.111. The van der Waals surface area contributed by atoms with Gasteiger partial charge in [0.15, 0.2) is 11.3 Å². The van der Waals surface area contributed by atoms with Crippen molar-refractivity contribution in [2.75, 3.05) is 0 Å². The molecule has 0 radical (unpaired) electrons. The summed E-state index contributed by atoms with van der Waals surface area (Å²) in [4.78, 5) is 20.0. The zero-order valence-corrected chi connectivity index (χ0v) is 15.6. The Balaban J connectivity index is 1.79. The highest BCUT2D eigenvalue weighted by Crippen LogP contribution is 2.36. The number of alkyl halides is 3. The molecule has 2 N–H and O–H groups in total. The lowest BCUT2D eigenvalue weighted by atomic mass is 10.1. The van der Waals surface area contributed by atoms with E-state index in [2.05, 4.69) is 15.3 Å². The van der Waals surface area contributed by atoms with E-state index < -0.39 is 23.3 Å². The van der Waals surface area contributed by atoms with E-state index >= 15 is 0 Å². The number of rotatable bonds is 4. The molecule has 0 atom stereocenters. The molecule has 0 aliphatic heterocycles. The summed E-state index contributed by atoms with van der Waals surface area (Å²) in [6, 6.07) is 6.30. The van der Waals surface area contributed by atoms with Gasteiger partial charge >= 0.3 is 6.18 Å². The quantitative estimate of drug-likeness (QED) is 0.484. The number of pyridine rings is 1. The van der Waals surface area contributed by atoms with Crippen molar-refractivity contribution in [2.45, 2.75) is 12.7 Å². The van der Waals surface area contributed by atoms with Gasteiger partial charge in [-0.1, -0.05) is 17.7 Å². The van der Waals surface area contributed by atoms with Crippen LogP contribution in [-0.4, -0.2) is 20.3 Å². The fourth-order valence-electron chi connectivity index (χ4n) is 2.80. The molecule has 4 rings (SSSR count). The van der Waals surface area contributed by atoms with Crippen molar-refractivity contribution in [3.05, 3.63) is 69.5 Å². The Morgan fingerprint density at radius 3 is 2.79 bits per heavy atom. The number of aromatic amines is 1. The Kier molecular flexibility index (Phi) is 4.64. The van der Waals surface area contributed by atoms with Gasteiger partial charge in [-0.25, -0.2) is 4.98 Å². The first-order valence-corrected chi connectivity index (χ1v) is 9.33. The zero-order valence-electron chi connectivity index (χ0n) is 14.0. The molecule has 0 aromatic carbocycles. The molecule has 4 aromatic rings. The average Bonchev–Trinajstić information content (AvgIpc) is 3.40. The van der Waals surface area contributed by atoms with Crippen LogP contribution < -0.4 is 5.32 Å². The summed E-state index contributed by atoms with van der Waals surface area (Å²) in [7, 11) is 0. The third-order valence-electron chi connectivity index (χ3n) is 4.12. The summed E-state index contributed by atoms with van der Waals surface area (Å²) in [6.45, 7) is 0.238. The number of nitrogens with zero attached hydrogens (tertiary/aromatic N) is 2. The minimum Gasteiger partial charge on any atom is -0.367 e. The number of imidazole rings is 1. The van der Waals surface area contributed by atoms with Crippen molar-refractivity contribution in [1.82, 2.24) is 19.7 Å². The first kappa shape index (κ1) is 18.6. The molecule has 10 heteroatoms. The Labute approximate surface area is 165 Å². The van der Waals surface area contributed by atoms with Crippen LogP contribution in [0.5, 0.6) is 0 Å². The maximum Gasteiger partial charge on any atom is 0.420 e. The maximum absolute atomic E-state index is 13.6. The van der Waals surface area contributed by atoms with Gasteiger partial charge in [0.1, 0.15) is 5.15 Å². The van der Waals surface area contributed by atoms with Crippen LogP contribution in [0.15, 0.2) is 48.2 Å². The SMILES string of the molecule is O=C(NCc1cccs1)c1nc2c(C(F)(F)F)cc(-c3cc[nH]c3)cn2c1Cl. The van der Waals surface area contributed by atoms with E-state index in [1.54, 1.807) is 18.5 Å². The summed E-state index contributed by atoms with van der Waals surface area (Å²) in [6.07, 6.45) is -0.0569. The second kappa shape index (κ2) is 6.99. The lowest BCUT2D eigenvalue weighted by Gasteiger charge is -2.10. The lowest BCUT2D eigenvalue weighted by Crippen LogP contribution is -2.23. The van der Waals surface area contributed by atoms with Crippen molar-refractivity contribution in [3.63, 3.8) is 0 Å². The van der Waals surface area contributed by atoms with Crippen LogP contribution in [0.25, 0.3) is 16.8 Å². The van der Waals surface area contributed by atoms with E-state index in [0.29, 0.717) is 11.1 Å². The Bertz CT molecular complexity index is 1130. The zero-order chi connectivity index (χ0) is 19.9. The monoisotopic (exact) mass is 424 g/mol. The van der Waals surface area contributed by atoms with E-state index in [-0.39, 0.29) is 17.4 Å². The normalized spacial score (nSPS) is 11.9. The van der Waals surface area contributed by atoms with E-state index in [4.69, 9.17) is 11.6 Å². The highest BCUT2D eigenvalue weighted by atomic mass is 35.5. The van der Waals surface area contributed by atoms with Gasteiger partial charge in [0, 0.05) is 34.6 Å². The molecule has 0 fully saturated rings. The summed E-state index contributed by atoms with van der Waals surface area (Å²) >= 11 is 7.69. The smallest absolute Gasteiger partial charge is 0.367 e. The van der Waals surface area contributed by atoms with E-state index in [1.165, 1.54) is 17.5 Å². The van der Waals surface area contributed by atoms with Crippen LogP contribution in [0.2, 0.25) is 5.15 Å². The third kappa shape index (κ3) is 3.38. The predicted octanol–water partition coefficient (Wildman–Crippen LogP) is 4.99. The summed E-state index contributed by atoms with van der Waals surface area (Å²) < 4.78 is 41.9. The van der Waals surface area contributed by atoms with Crippen LogP contribution in [0.1, 0.15) is 20.9 Å². The number of hydrogen-bond acceptors (Lipinski definition) is 3. The van der Waals surface area contributed by atoms with Crippen molar-refractivity contribution >= 4 is 34.5 Å². The third-order valence-corrected chi connectivity index (χ3v) is 5.35. The molecular formula is C18H12ClF3N4OS. The fourth-order valence-corrected chi connectivity index (χ4v) is 3.70. The van der Waals surface area contributed by atoms with Gasteiger partial charge in [-0.2, -0.15) is 13.2 Å². The molecule has 144 valence electrons. The lowest BCUT2D eigenvalue weighted by molar-refractivity contribution is -0.136. The minimum atomic E-state index is -4.66. The molecule has 5 nitrogen and oxygen atoms in total. The molecule has 0 unspecified atom stereocenters. The molecule has 0 aliphatic carbocycles. The number of aromatic nitrogens is 3. The highest BCUT2D eigenvalue weighted by molar-refractivity contribution is 7.09. The summed E-state index contributed by atoms with van der Waals surface area (Å²) in [5.41, 5.74) is -0.787. The summed E-state index contributed by atoms with van der Waals surface area (Å²) in [5.74, 6) is -0.640. The van der Waals surface area contributed by atoms with Crippen LogP contribution >= 0.6 is 22.9 Å². The molecule has 0 spiro atoms. The molecule has 4 heterocycles. The molecule has 0 aliphatic rings. The van der Waals surface area contributed by atoms with Crippen LogP contribution in [0, 0.1) is 0 Å².